The number of nitrogens with one attached hydrogen (secondary N) is 1. The second kappa shape index (κ2) is 11.7. The molecule has 29 heavy (non-hydrogen) atoms. The minimum atomic E-state index is 0.0942. The molecule has 0 radical (unpaired) electrons. The summed E-state index contributed by atoms with van der Waals surface area (Å²) in [4.78, 5) is 17.7. The van der Waals surface area contributed by atoms with Crippen LogP contribution in [0.5, 0.6) is 0 Å². The molecule has 2 aliphatic heterocycles. The van der Waals surface area contributed by atoms with Crippen LogP contribution in [-0.4, -0.2) is 74.2 Å². The van der Waals surface area contributed by atoms with Gasteiger partial charge < -0.3 is 19.9 Å². The van der Waals surface area contributed by atoms with Crippen molar-refractivity contribution in [3.05, 3.63) is 35.9 Å². The zero-order chi connectivity index (χ0) is 20.5. The lowest BCUT2D eigenvalue weighted by molar-refractivity contribution is -0.127. The molecule has 0 aromatic heterocycles. The summed E-state index contributed by atoms with van der Waals surface area (Å²) in [7, 11) is 1.68. The van der Waals surface area contributed by atoms with Crippen molar-refractivity contribution >= 4 is 5.91 Å². The number of piperidine rings is 2. The summed E-state index contributed by atoms with van der Waals surface area (Å²) in [6.45, 7) is 8.36. The number of ether oxygens (including phenoxy) is 1. The Bertz CT molecular complexity index is 593. The molecular formula is C24H39N3O2. The fraction of sp³-hybridized carbons (Fsp3) is 0.708. The van der Waals surface area contributed by atoms with E-state index < -0.39 is 0 Å². The van der Waals surface area contributed by atoms with Crippen LogP contribution in [0, 0.1) is 5.92 Å². The standard InChI is InChI=1S/C24H39N3O2/c1-20(19-29-2)25-24(28)22-10-17-27(18-11-22)23-12-15-26(16-13-23)14-6-9-21-7-4-3-5-8-21/h3-5,7-8,20,22-23H,6,9-19H2,1-2H3,(H,25,28). The molecule has 162 valence electrons. The number of methoxy groups -OCH3 is 1. The second-order valence-electron chi connectivity index (χ2n) is 8.84. The number of nitrogens with zero attached hydrogens (tertiary/aromatic N) is 2. The maximum absolute atomic E-state index is 12.4. The lowest BCUT2D eigenvalue weighted by Crippen LogP contribution is -2.50. The van der Waals surface area contributed by atoms with Crippen LogP contribution in [0.4, 0.5) is 0 Å². The van der Waals surface area contributed by atoms with E-state index in [0.717, 1.165) is 25.9 Å². The Morgan fingerprint density at radius 1 is 1.10 bits per heavy atom. The molecule has 1 aromatic rings. The summed E-state index contributed by atoms with van der Waals surface area (Å²) in [6, 6.07) is 11.6. The van der Waals surface area contributed by atoms with Gasteiger partial charge in [-0.1, -0.05) is 30.3 Å². The van der Waals surface area contributed by atoms with Crippen molar-refractivity contribution < 1.29 is 9.53 Å². The average molecular weight is 402 g/mol. The van der Waals surface area contributed by atoms with E-state index in [-0.39, 0.29) is 17.9 Å². The van der Waals surface area contributed by atoms with E-state index in [1.54, 1.807) is 7.11 Å². The fourth-order valence-electron chi connectivity index (χ4n) is 4.84. The monoisotopic (exact) mass is 401 g/mol. The molecule has 3 rings (SSSR count). The minimum Gasteiger partial charge on any atom is -0.383 e. The molecule has 0 bridgehead atoms. The molecule has 1 aromatic carbocycles. The Balaban J connectivity index is 1.31. The Morgan fingerprint density at radius 2 is 1.79 bits per heavy atom. The van der Waals surface area contributed by atoms with Crippen LogP contribution in [0.1, 0.15) is 44.6 Å². The first-order valence-electron chi connectivity index (χ1n) is 11.5. The topological polar surface area (TPSA) is 44.8 Å². The van der Waals surface area contributed by atoms with E-state index in [9.17, 15) is 4.79 Å². The van der Waals surface area contributed by atoms with Crippen LogP contribution in [0.25, 0.3) is 0 Å². The molecule has 5 nitrogen and oxygen atoms in total. The maximum Gasteiger partial charge on any atom is 0.223 e. The SMILES string of the molecule is COCC(C)NC(=O)C1CCN(C2CCN(CCCc3ccccc3)CC2)CC1. The van der Waals surface area contributed by atoms with Crippen LogP contribution in [-0.2, 0) is 16.0 Å². The highest BCUT2D eigenvalue weighted by Crippen LogP contribution is 2.24. The lowest BCUT2D eigenvalue weighted by atomic mass is 9.92. The minimum absolute atomic E-state index is 0.0942. The van der Waals surface area contributed by atoms with Gasteiger partial charge in [0.15, 0.2) is 0 Å². The Morgan fingerprint density at radius 3 is 2.45 bits per heavy atom. The molecule has 1 unspecified atom stereocenters. The number of aryl methyl sites for hydroxylation is 1. The molecule has 1 amide bonds. The van der Waals surface area contributed by atoms with Gasteiger partial charge in [-0.25, -0.2) is 0 Å². The van der Waals surface area contributed by atoms with Crippen molar-refractivity contribution in [2.24, 2.45) is 5.92 Å². The average Bonchev–Trinajstić information content (AvgIpc) is 2.75. The number of carbonyl (C=O) groups is 1. The van der Waals surface area contributed by atoms with Gasteiger partial charge in [-0.05, 0) is 83.7 Å². The van der Waals surface area contributed by atoms with Crippen LogP contribution in [0.15, 0.2) is 30.3 Å². The predicted octanol–water partition coefficient (Wildman–Crippen LogP) is 2.95. The summed E-state index contributed by atoms with van der Waals surface area (Å²) in [5.74, 6) is 0.381. The van der Waals surface area contributed by atoms with Gasteiger partial charge in [0.2, 0.25) is 5.91 Å². The molecule has 2 saturated heterocycles. The largest absolute Gasteiger partial charge is 0.383 e. The zero-order valence-electron chi connectivity index (χ0n) is 18.3. The number of hydrogen-bond donors (Lipinski definition) is 1. The van der Waals surface area contributed by atoms with E-state index in [2.05, 4.69) is 45.4 Å². The summed E-state index contributed by atoms with van der Waals surface area (Å²) in [6.07, 6.45) is 6.95. The zero-order valence-corrected chi connectivity index (χ0v) is 18.3. The number of carbonyl (C=O) groups excluding carboxylic acids is 1. The van der Waals surface area contributed by atoms with Gasteiger partial charge in [0, 0.05) is 25.1 Å². The van der Waals surface area contributed by atoms with Crippen LogP contribution in [0.3, 0.4) is 0 Å². The highest BCUT2D eigenvalue weighted by molar-refractivity contribution is 5.79. The van der Waals surface area contributed by atoms with Crippen LogP contribution < -0.4 is 5.32 Å². The molecule has 1 atom stereocenters. The number of likely N-dealkylation sites (tertiary alicyclic amines) is 2. The molecule has 1 N–H and O–H groups in total. The van der Waals surface area contributed by atoms with E-state index in [1.165, 1.54) is 50.9 Å². The molecule has 2 aliphatic rings. The summed E-state index contributed by atoms with van der Waals surface area (Å²) < 4.78 is 5.12. The molecular weight excluding hydrogens is 362 g/mol. The number of hydrogen-bond acceptors (Lipinski definition) is 4. The normalized spacial score (nSPS) is 21.2. The predicted molar refractivity (Wildman–Crippen MR) is 118 cm³/mol. The first-order valence-corrected chi connectivity index (χ1v) is 11.5. The van der Waals surface area contributed by atoms with Gasteiger partial charge >= 0.3 is 0 Å². The third-order valence-electron chi connectivity index (χ3n) is 6.56. The van der Waals surface area contributed by atoms with Gasteiger partial charge in [0.25, 0.3) is 0 Å². The number of benzene rings is 1. The van der Waals surface area contributed by atoms with E-state index >= 15 is 0 Å². The number of rotatable bonds is 9. The van der Waals surface area contributed by atoms with Gasteiger partial charge in [-0.3, -0.25) is 4.79 Å². The highest BCUT2D eigenvalue weighted by Gasteiger charge is 2.30. The summed E-state index contributed by atoms with van der Waals surface area (Å²) in [5.41, 5.74) is 1.45. The van der Waals surface area contributed by atoms with E-state index in [4.69, 9.17) is 4.74 Å². The molecule has 0 spiro atoms. The smallest absolute Gasteiger partial charge is 0.223 e. The summed E-state index contributed by atoms with van der Waals surface area (Å²) >= 11 is 0. The highest BCUT2D eigenvalue weighted by atomic mass is 16.5. The third-order valence-corrected chi connectivity index (χ3v) is 6.56. The quantitative estimate of drug-likeness (QED) is 0.691. The van der Waals surface area contributed by atoms with Gasteiger partial charge in [0.05, 0.1) is 6.61 Å². The van der Waals surface area contributed by atoms with Gasteiger partial charge in [-0.15, -0.1) is 0 Å². The molecule has 2 fully saturated rings. The first kappa shape index (κ1) is 22.3. The van der Waals surface area contributed by atoms with Crippen LogP contribution in [0.2, 0.25) is 0 Å². The van der Waals surface area contributed by atoms with Crippen molar-refractivity contribution in [3.8, 4) is 0 Å². The Kier molecular flexibility index (Phi) is 8.96. The van der Waals surface area contributed by atoms with E-state index in [0.29, 0.717) is 12.6 Å². The van der Waals surface area contributed by atoms with E-state index in [1.807, 2.05) is 6.92 Å². The van der Waals surface area contributed by atoms with Crippen molar-refractivity contribution in [3.63, 3.8) is 0 Å². The molecule has 2 heterocycles. The molecule has 5 heteroatoms. The van der Waals surface area contributed by atoms with Crippen LogP contribution >= 0.6 is 0 Å². The first-order chi connectivity index (χ1) is 14.2. The third kappa shape index (κ3) is 7.09. The fourth-order valence-corrected chi connectivity index (χ4v) is 4.84. The molecule has 0 saturated carbocycles. The molecule has 0 aliphatic carbocycles. The van der Waals surface area contributed by atoms with Crippen molar-refractivity contribution in [2.45, 2.75) is 57.5 Å². The maximum atomic E-state index is 12.4. The van der Waals surface area contributed by atoms with Crippen molar-refractivity contribution in [2.75, 3.05) is 46.4 Å². The lowest BCUT2D eigenvalue weighted by Gasteiger charge is -2.41. The van der Waals surface area contributed by atoms with Gasteiger partial charge in [0.1, 0.15) is 0 Å². The second-order valence-corrected chi connectivity index (χ2v) is 8.84. The number of amides is 1. The van der Waals surface area contributed by atoms with Gasteiger partial charge in [-0.2, -0.15) is 0 Å². The Hall–Kier alpha value is -1.43. The van der Waals surface area contributed by atoms with Crippen molar-refractivity contribution in [1.29, 1.82) is 0 Å². The summed E-state index contributed by atoms with van der Waals surface area (Å²) in [5, 5.41) is 3.09. The van der Waals surface area contributed by atoms with Crippen molar-refractivity contribution in [1.82, 2.24) is 15.1 Å². The Labute approximate surface area is 176 Å².